The predicted molar refractivity (Wildman–Crippen MR) is 62.5 cm³/mol. The fraction of sp³-hybridized carbons (Fsp3) is 0.462. The van der Waals surface area contributed by atoms with E-state index in [1.807, 2.05) is 13.8 Å². The summed E-state index contributed by atoms with van der Waals surface area (Å²) in [5.41, 5.74) is 1.34. The van der Waals surface area contributed by atoms with Crippen LogP contribution < -0.4 is 5.32 Å². The lowest BCUT2D eigenvalue weighted by Crippen LogP contribution is -2.34. The molecule has 0 radical (unpaired) electrons. The Kier molecular flexibility index (Phi) is 2.86. The van der Waals surface area contributed by atoms with Gasteiger partial charge in [-0.15, -0.1) is 0 Å². The lowest BCUT2D eigenvalue weighted by atomic mass is 10.1. The summed E-state index contributed by atoms with van der Waals surface area (Å²) in [6, 6.07) is 5.26. The first-order valence-corrected chi connectivity index (χ1v) is 5.68. The monoisotopic (exact) mass is 219 g/mol. The molecule has 1 amide bonds. The van der Waals surface area contributed by atoms with E-state index in [1.54, 1.807) is 18.2 Å². The highest BCUT2D eigenvalue weighted by Gasteiger charge is 2.29. The average Bonchev–Trinajstić information content (AvgIpc) is 3.04. The quantitative estimate of drug-likeness (QED) is 0.819. The van der Waals surface area contributed by atoms with Crippen LogP contribution >= 0.6 is 0 Å². The van der Waals surface area contributed by atoms with Gasteiger partial charge in [-0.05, 0) is 44.7 Å². The first-order valence-electron chi connectivity index (χ1n) is 5.68. The third-order valence-electron chi connectivity index (χ3n) is 3.08. The van der Waals surface area contributed by atoms with Crippen molar-refractivity contribution in [2.75, 3.05) is 0 Å². The molecule has 86 valence electrons. The normalized spacial score (nSPS) is 16.9. The molecule has 1 aliphatic carbocycles. The van der Waals surface area contributed by atoms with Gasteiger partial charge in [-0.25, -0.2) is 0 Å². The SMILES string of the molecule is Cc1ccc(O)c(C(=O)NC(C)C2CC2)c1. The summed E-state index contributed by atoms with van der Waals surface area (Å²) >= 11 is 0. The zero-order valence-corrected chi connectivity index (χ0v) is 9.66. The van der Waals surface area contributed by atoms with Gasteiger partial charge >= 0.3 is 0 Å². The third kappa shape index (κ3) is 2.35. The van der Waals surface area contributed by atoms with Crippen molar-refractivity contribution in [3.8, 4) is 5.75 Å². The largest absolute Gasteiger partial charge is 0.507 e. The lowest BCUT2D eigenvalue weighted by molar-refractivity contribution is 0.0933. The second kappa shape index (κ2) is 4.16. The average molecular weight is 219 g/mol. The molecule has 2 rings (SSSR count). The Balaban J connectivity index is 2.10. The molecule has 1 aromatic carbocycles. The van der Waals surface area contributed by atoms with E-state index in [9.17, 15) is 9.90 Å². The number of hydrogen-bond acceptors (Lipinski definition) is 2. The van der Waals surface area contributed by atoms with Crippen LogP contribution in [0, 0.1) is 12.8 Å². The van der Waals surface area contributed by atoms with Crippen LogP contribution in [0.4, 0.5) is 0 Å². The van der Waals surface area contributed by atoms with Crippen LogP contribution in [-0.2, 0) is 0 Å². The molecule has 0 heterocycles. The topological polar surface area (TPSA) is 49.3 Å². The number of phenols is 1. The van der Waals surface area contributed by atoms with Crippen LogP contribution in [0.3, 0.4) is 0 Å². The Hall–Kier alpha value is -1.51. The summed E-state index contributed by atoms with van der Waals surface area (Å²) in [5, 5.41) is 12.5. The first kappa shape index (κ1) is 11.0. The first-order chi connectivity index (χ1) is 7.58. The number of carbonyl (C=O) groups is 1. The van der Waals surface area contributed by atoms with Crippen LogP contribution in [0.15, 0.2) is 18.2 Å². The Labute approximate surface area is 95.5 Å². The Bertz CT molecular complexity index is 410. The molecule has 0 bridgehead atoms. The maximum atomic E-state index is 11.9. The van der Waals surface area contributed by atoms with Crippen molar-refractivity contribution >= 4 is 5.91 Å². The van der Waals surface area contributed by atoms with Crippen molar-refractivity contribution < 1.29 is 9.90 Å². The molecule has 0 aliphatic heterocycles. The highest BCUT2D eigenvalue weighted by Crippen LogP contribution is 2.32. The van der Waals surface area contributed by atoms with E-state index in [1.165, 1.54) is 12.8 Å². The summed E-state index contributed by atoms with van der Waals surface area (Å²) in [6.07, 6.45) is 2.39. The summed E-state index contributed by atoms with van der Waals surface area (Å²) < 4.78 is 0. The van der Waals surface area contributed by atoms with Gasteiger partial charge in [0.1, 0.15) is 5.75 Å². The standard InChI is InChI=1S/C13H17NO2/c1-8-3-6-12(15)11(7-8)13(16)14-9(2)10-4-5-10/h3,6-7,9-10,15H,4-5H2,1-2H3,(H,14,16). The smallest absolute Gasteiger partial charge is 0.255 e. The predicted octanol–water partition coefficient (Wildman–Crippen LogP) is 2.23. The second-order valence-electron chi connectivity index (χ2n) is 4.62. The number of carbonyl (C=O) groups excluding carboxylic acids is 1. The molecular weight excluding hydrogens is 202 g/mol. The minimum absolute atomic E-state index is 0.0473. The molecule has 0 spiro atoms. The Morgan fingerprint density at radius 3 is 2.81 bits per heavy atom. The summed E-state index contributed by atoms with van der Waals surface area (Å²) in [6.45, 7) is 3.92. The number of hydrogen-bond donors (Lipinski definition) is 2. The highest BCUT2D eigenvalue weighted by molar-refractivity contribution is 5.97. The van der Waals surface area contributed by atoms with Crippen LogP contribution in [0.25, 0.3) is 0 Å². The van der Waals surface area contributed by atoms with E-state index in [0.717, 1.165) is 5.56 Å². The van der Waals surface area contributed by atoms with E-state index in [4.69, 9.17) is 0 Å². The van der Waals surface area contributed by atoms with E-state index in [0.29, 0.717) is 11.5 Å². The summed E-state index contributed by atoms with van der Waals surface area (Å²) in [5.74, 6) is 0.489. The number of benzene rings is 1. The summed E-state index contributed by atoms with van der Waals surface area (Å²) in [4.78, 5) is 11.9. The van der Waals surface area contributed by atoms with Gasteiger partial charge in [0.25, 0.3) is 5.91 Å². The second-order valence-corrected chi connectivity index (χ2v) is 4.62. The van der Waals surface area contributed by atoms with Crippen molar-refractivity contribution in [1.82, 2.24) is 5.32 Å². The van der Waals surface area contributed by atoms with Crippen LogP contribution in [0.1, 0.15) is 35.7 Å². The molecule has 0 saturated heterocycles. The highest BCUT2D eigenvalue weighted by atomic mass is 16.3. The Morgan fingerprint density at radius 2 is 2.19 bits per heavy atom. The summed E-state index contributed by atoms with van der Waals surface area (Å²) in [7, 11) is 0. The van der Waals surface area contributed by atoms with Crippen molar-refractivity contribution in [3.05, 3.63) is 29.3 Å². The molecule has 16 heavy (non-hydrogen) atoms. The van der Waals surface area contributed by atoms with Crippen molar-refractivity contribution in [2.45, 2.75) is 32.7 Å². The van der Waals surface area contributed by atoms with E-state index in [-0.39, 0.29) is 17.7 Å². The van der Waals surface area contributed by atoms with Crippen LogP contribution in [-0.4, -0.2) is 17.1 Å². The van der Waals surface area contributed by atoms with E-state index in [2.05, 4.69) is 5.32 Å². The fourth-order valence-electron chi connectivity index (χ4n) is 1.83. The number of rotatable bonds is 3. The maximum absolute atomic E-state index is 11.9. The molecule has 1 saturated carbocycles. The van der Waals surface area contributed by atoms with E-state index >= 15 is 0 Å². The number of aromatic hydroxyl groups is 1. The minimum Gasteiger partial charge on any atom is -0.507 e. The van der Waals surface area contributed by atoms with E-state index < -0.39 is 0 Å². The molecule has 2 N–H and O–H groups in total. The molecule has 3 nitrogen and oxygen atoms in total. The molecule has 0 aromatic heterocycles. The number of aryl methyl sites for hydroxylation is 1. The molecular formula is C13H17NO2. The zero-order valence-electron chi connectivity index (χ0n) is 9.66. The molecule has 1 aliphatic rings. The Morgan fingerprint density at radius 1 is 1.50 bits per heavy atom. The molecule has 1 unspecified atom stereocenters. The molecule has 1 atom stereocenters. The van der Waals surface area contributed by atoms with Crippen LogP contribution in [0.5, 0.6) is 5.75 Å². The van der Waals surface area contributed by atoms with Gasteiger partial charge in [0.2, 0.25) is 0 Å². The van der Waals surface area contributed by atoms with Crippen LogP contribution in [0.2, 0.25) is 0 Å². The molecule has 1 aromatic rings. The van der Waals surface area contributed by atoms with Crippen molar-refractivity contribution in [1.29, 1.82) is 0 Å². The number of nitrogens with one attached hydrogen (secondary N) is 1. The third-order valence-corrected chi connectivity index (χ3v) is 3.08. The lowest BCUT2D eigenvalue weighted by Gasteiger charge is -2.13. The molecule has 3 heteroatoms. The van der Waals surface area contributed by atoms with Gasteiger partial charge in [-0.2, -0.15) is 0 Å². The molecule has 1 fully saturated rings. The van der Waals surface area contributed by atoms with Gasteiger partial charge in [0, 0.05) is 6.04 Å². The van der Waals surface area contributed by atoms with Crippen molar-refractivity contribution in [3.63, 3.8) is 0 Å². The van der Waals surface area contributed by atoms with Gasteiger partial charge in [-0.1, -0.05) is 11.6 Å². The van der Waals surface area contributed by atoms with Gasteiger partial charge < -0.3 is 10.4 Å². The van der Waals surface area contributed by atoms with Gasteiger partial charge in [0.05, 0.1) is 5.56 Å². The number of phenolic OH excluding ortho intramolecular Hbond substituents is 1. The van der Waals surface area contributed by atoms with Crippen molar-refractivity contribution in [2.24, 2.45) is 5.92 Å². The number of amides is 1. The van der Waals surface area contributed by atoms with Gasteiger partial charge in [-0.3, -0.25) is 4.79 Å². The minimum atomic E-state index is -0.180. The van der Waals surface area contributed by atoms with Gasteiger partial charge in [0.15, 0.2) is 0 Å². The fourth-order valence-corrected chi connectivity index (χ4v) is 1.83. The zero-order chi connectivity index (χ0) is 11.7. The maximum Gasteiger partial charge on any atom is 0.255 e.